The minimum absolute atomic E-state index is 0.226. The lowest BCUT2D eigenvalue weighted by Gasteiger charge is -2.23. The Labute approximate surface area is 190 Å². The summed E-state index contributed by atoms with van der Waals surface area (Å²) in [7, 11) is 0. The highest BCUT2D eigenvalue weighted by Crippen LogP contribution is 2.36. The largest absolute Gasteiger partial charge is 0.0683 e. The second kappa shape index (κ2) is 11.7. The van der Waals surface area contributed by atoms with Crippen LogP contribution in [0.4, 0.5) is 0 Å². The van der Waals surface area contributed by atoms with Crippen LogP contribution in [0.3, 0.4) is 0 Å². The second-order valence-corrected chi connectivity index (χ2v) is 8.51. The van der Waals surface area contributed by atoms with Gasteiger partial charge in [0.1, 0.15) is 0 Å². The van der Waals surface area contributed by atoms with E-state index in [9.17, 15) is 0 Å². The van der Waals surface area contributed by atoms with Gasteiger partial charge in [0, 0.05) is 0 Å². The molecule has 0 aliphatic carbocycles. The zero-order valence-corrected chi connectivity index (χ0v) is 20.6. The summed E-state index contributed by atoms with van der Waals surface area (Å²) in [4.78, 5) is 0. The first kappa shape index (κ1) is 24.7. The lowest BCUT2D eigenvalue weighted by atomic mass is 9.81. The molecule has 0 aliphatic heterocycles. The minimum Gasteiger partial charge on any atom is -0.0683 e. The van der Waals surface area contributed by atoms with E-state index in [1.54, 1.807) is 0 Å². The van der Waals surface area contributed by atoms with Crippen LogP contribution in [0.2, 0.25) is 0 Å². The topological polar surface area (TPSA) is 0 Å². The molecule has 0 radical (unpaired) electrons. The summed E-state index contributed by atoms with van der Waals surface area (Å²) >= 11 is 0. The normalized spacial score (nSPS) is 10.8. The molecule has 0 heterocycles. The Morgan fingerprint density at radius 2 is 1.13 bits per heavy atom. The van der Waals surface area contributed by atoms with Gasteiger partial charge in [-0.15, -0.1) is 0 Å². The van der Waals surface area contributed by atoms with Crippen LogP contribution < -0.4 is 0 Å². The number of hydrogen-bond acceptors (Lipinski definition) is 0. The van der Waals surface area contributed by atoms with Crippen molar-refractivity contribution in [1.82, 2.24) is 0 Å². The van der Waals surface area contributed by atoms with Crippen LogP contribution in [0, 0.1) is 0 Å². The van der Waals surface area contributed by atoms with Gasteiger partial charge >= 0.3 is 0 Å². The monoisotopic (exact) mass is 412 g/mol. The zero-order chi connectivity index (χ0) is 22.9. The fraction of sp³-hybridized carbons (Fsp3) is 0.355. The highest BCUT2D eigenvalue weighted by molar-refractivity contribution is 6.13. The molecular formula is C31H40. The van der Waals surface area contributed by atoms with Crippen molar-refractivity contribution in [1.29, 1.82) is 0 Å². The zero-order valence-electron chi connectivity index (χ0n) is 20.6. The summed E-state index contributed by atoms with van der Waals surface area (Å²) < 4.78 is 0. The van der Waals surface area contributed by atoms with E-state index in [1.165, 1.54) is 51.1 Å². The van der Waals surface area contributed by atoms with Crippen LogP contribution in [0.15, 0.2) is 78.9 Å². The Morgan fingerprint density at radius 1 is 0.613 bits per heavy atom. The van der Waals surface area contributed by atoms with Crippen molar-refractivity contribution in [2.75, 3.05) is 0 Å². The molecular weight excluding hydrogens is 372 g/mol. The summed E-state index contributed by atoms with van der Waals surface area (Å²) in [6.45, 7) is 15.2. The highest BCUT2D eigenvalue weighted by atomic mass is 14.2. The molecule has 0 atom stereocenters. The average molecular weight is 413 g/mol. The number of hydrogen-bond donors (Lipinski definition) is 0. The van der Waals surface area contributed by atoms with E-state index in [0.717, 1.165) is 6.42 Å². The van der Waals surface area contributed by atoms with Crippen molar-refractivity contribution in [3.63, 3.8) is 0 Å². The van der Waals surface area contributed by atoms with E-state index >= 15 is 0 Å². The predicted molar refractivity (Wildman–Crippen MR) is 142 cm³/mol. The van der Waals surface area contributed by atoms with Gasteiger partial charge in [-0.05, 0) is 56.1 Å². The molecule has 0 heteroatoms. The van der Waals surface area contributed by atoms with Crippen molar-refractivity contribution in [3.05, 3.63) is 84.4 Å². The first-order valence-electron chi connectivity index (χ1n) is 12.0. The maximum atomic E-state index is 2.33. The van der Waals surface area contributed by atoms with Crippen LogP contribution in [0.1, 0.15) is 73.3 Å². The third-order valence-corrected chi connectivity index (χ3v) is 6.13. The van der Waals surface area contributed by atoms with Crippen molar-refractivity contribution in [3.8, 4) is 11.1 Å². The molecule has 0 saturated carbocycles. The second-order valence-electron chi connectivity index (χ2n) is 8.51. The summed E-state index contributed by atoms with van der Waals surface area (Å²) in [5.41, 5.74) is 4.24. The van der Waals surface area contributed by atoms with Crippen molar-refractivity contribution in [2.45, 2.75) is 73.1 Å². The van der Waals surface area contributed by atoms with Gasteiger partial charge in [-0.1, -0.05) is 134 Å². The van der Waals surface area contributed by atoms with Gasteiger partial charge < -0.3 is 0 Å². The van der Waals surface area contributed by atoms with Gasteiger partial charge in [-0.25, -0.2) is 0 Å². The lowest BCUT2D eigenvalue weighted by molar-refractivity contribution is 0.506. The Morgan fingerprint density at radius 3 is 1.68 bits per heavy atom. The molecule has 0 saturated heterocycles. The van der Waals surface area contributed by atoms with Crippen LogP contribution in [-0.2, 0) is 5.41 Å². The molecule has 0 nitrogen and oxygen atoms in total. The quantitative estimate of drug-likeness (QED) is 0.292. The van der Waals surface area contributed by atoms with Crippen molar-refractivity contribution in [2.24, 2.45) is 0 Å². The number of unbranched alkanes of at least 4 members (excludes halogenated alkanes) is 1. The summed E-state index contributed by atoms with van der Waals surface area (Å²) in [6, 6.07) is 28.9. The van der Waals surface area contributed by atoms with E-state index in [0.29, 0.717) is 0 Å². The molecule has 164 valence electrons. The molecule has 0 bridgehead atoms. The number of fused-ring (bicyclic) bond motifs is 3. The van der Waals surface area contributed by atoms with Gasteiger partial charge in [-0.2, -0.15) is 0 Å². The maximum absolute atomic E-state index is 2.33. The summed E-state index contributed by atoms with van der Waals surface area (Å²) in [5, 5.41) is 5.28. The first-order valence-corrected chi connectivity index (χ1v) is 12.0. The molecule has 0 amide bonds. The maximum Gasteiger partial charge on any atom is -0.00990 e. The van der Waals surface area contributed by atoms with Gasteiger partial charge in [0.25, 0.3) is 0 Å². The van der Waals surface area contributed by atoms with E-state index in [-0.39, 0.29) is 5.41 Å². The molecule has 0 aliphatic rings. The third-order valence-electron chi connectivity index (χ3n) is 6.13. The van der Waals surface area contributed by atoms with E-state index in [4.69, 9.17) is 0 Å². The molecule has 0 N–H and O–H groups in total. The lowest BCUT2D eigenvalue weighted by Crippen LogP contribution is -2.14. The summed E-state index contributed by atoms with van der Waals surface area (Å²) in [6.07, 6.45) is 3.78. The molecule has 0 aromatic heterocycles. The van der Waals surface area contributed by atoms with Crippen molar-refractivity contribution >= 4 is 21.5 Å². The Kier molecular flexibility index (Phi) is 9.31. The Balaban J connectivity index is 0.000000513. The number of rotatable bonds is 4. The first-order chi connectivity index (χ1) is 15.0. The fourth-order valence-electron chi connectivity index (χ4n) is 3.60. The molecule has 4 rings (SSSR count). The van der Waals surface area contributed by atoms with Crippen LogP contribution in [0.5, 0.6) is 0 Å². The van der Waals surface area contributed by atoms with E-state index < -0.39 is 0 Å². The fourth-order valence-corrected chi connectivity index (χ4v) is 3.60. The molecule has 0 unspecified atom stereocenters. The van der Waals surface area contributed by atoms with E-state index in [2.05, 4.69) is 113 Å². The number of benzene rings is 4. The van der Waals surface area contributed by atoms with Gasteiger partial charge in [0.15, 0.2) is 0 Å². The van der Waals surface area contributed by atoms with Crippen LogP contribution >= 0.6 is 0 Å². The minimum atomic E-state index is 0.226. The summed E-state index contributed by atoms with van der Waals surface area (Å²) in [5.74, 6) is 0. The smallest absolute Gasteiger partial charge is 0.00990 e. The average Bonchev–Trinajstić information content (AvgIpc) is 2.85. The van der Waals surface area contributed by atoms with E-state index in [1.807, 2.05) is 13.8 Å². The third kappa shape index (κ3) is 5.76. The van der Waals surface area contributed by atoms with Gasteiger partial charge in [0.05, 0.1) is 0 Å². The molecule has 0 fully saturated rings. The van der Waals surface area contributed by atoms with Crippen molar-refractivity contribution < 1.29 is 0 Å². The molecule has 31 heavy (non-hydrogen) atoms. The molecule has 4 aromatic rings. The van der Waals surface area contributed by atoms with Gasteiger partial charge in [-0.3, -0.25) is 0 Å². The molecule has 4 aromatic carbocycles. The Bertz CT molecular complexity index is 1070. The van der Waals surface area contributed by atoms with Crippen LogP contribution in [0.25, 0.3) is 32.7 Å². The predicted octanol–water partition coefficient (Wildman–Crippen LogP) is 10.2. The molecule has 0 spiro atoms. The van der Waals surface area contributed by atoms with Crippen LogP contribution in [-0.4, -0.2) is 0 Å². The highest BCUT2D eigenvalue weighted by Gasteiger charge is 2.18. The standard InChI is InChI=1S/C25H24.C4H10.C2H6/c1-4-25(2,3)20-15-13-18(14-16-20)24-17-19-9-5-6-10-21(19)22-11-7-8-12-23(22)24;1-3-4-2;1-2/h5-17H,4H2,1-3H3;3-4H2,1-2H3;1-2H3. The Hall–Kier alpha value is -2.60. The SMILES string of the molecule is CC.CCC(C)(C)c1ccc(-c2cc3ccccc3c3ccccc23)cc1.CCCC. The van der Waals surface area contributed by atoms with Gasteiger partial charge in [0.2, 0.25) is 0 Å².